The molecule has 0 aromatic carbocycles. The third kappa shape index (κ3) is 2.25. The van der Waals surface area contributed by atoms with E-state index in [0.29, 0.717) is 0 Å². The van der Waals surface area contributed by atoms with Crippen LogP contribution < -0.4 is 0 Å². The Morgan fingerprint density at radius 1 is 1.31 bits per heavy atom. The average Bonchev–Trinajstić information content (AvgIpc) is 2.88. The first kappa shape index (κ1) is 13.1. The molecule has 1 rings (SSSR count). The van der Waals surface area contributed by atoms with E-state index in [0.717, 1.165) is 4.31 Å². The maximum absolute atomic E-state index is 11.9. The molecule has 0 aliphatic carbocycles. The summed E-state index contributed by atoms with van der Waals surface area (Å²) in [4.78, 5) is 22.1. The summed E-state index contributed by atoms with van der Waals surface area (Å²) in [6, 6.07) is -1.96. The van der Waals surface area contributed by atoms with Crippen molar-refractivity contribution in [2.45, 2.75) is 37.6 Å². The third-order valence-corrected chi connectivity index (χ3v) is 4.05. The Balaban J connectivity index is 2.86. The van der Waals surface area contributed by atoms with Gasteiger partial charge in [-0.3, -0.25) is 9.59 Å². The number of hydrogen-bond donors (Lipinski definition) is 1. The molecule has 0 bridgehead atoms. The minimum atomic E-state index is -1.53. The number of nitrogens with zero attached hydrogens (tertiary/aromatic N) is 1. The predicted octanol–water partition coefficient (Wildman–Crippen LogP) is -0.241. The first-order valence-corrected chi connectivity index (χ1v) is 5.83. The predicted molar refractivity (Wildman–Crippen MR) is 57.0 cm³/mol. The van der Waals surface area contributed by atoms with Gasteiger partial charge in [0.25, 0.3) is 0 Å². The molecule has 1 unspecified atom stereocenters. The minimum Gasteiger partial charge on any atom is -0.480 e. The summed E-state index contributed by atoms with van der Waals surface area (Å²) < 4.78 is 17.0. The third-order valence-electron chi connectivity index (χ3n) is 2.17. The molecule has 0 radical (unpaired) electrons. The van der Waals surface area contributed by atoms with Crippen molar-refractivity contribution in [3.05, 3.63) is 0 Å². The van der Waals surface area contributed by atoms with Crippen molar-refractivity contribution < 1.29 is 23.6 Å². The number of carboxylic acids is 1. The molecule has 1 N–H and O–H groups in total. The zero-order valence-electron chi connectivity index (χ0n) is 9.59. The number of ether oxygens (including phenoxy) is 1. The maximum atomic E-state index is 11.9. The summed E-state index contributed by atoms with van der Waals surface area (Å²) in [5.41, 5.74) is 0. The molecule has 1 fully saturated rings. The molecule has 0 saturated carbocycles. The van der Waals surface area contributed by atoms with Crippen LogP contribution in [0.5, 0.6) is 0 Å². The van der Waals surface area contributed by atoms with Gasteiger partial charge in [0.1, 0.15) is 23.1 Å². The summed E-state index contributed by atoms with van der Waals surface area (Å²) >= 11 is 0. The molecule has 0 amide bonds. The Labute approximate surface area is 96.2 Å². The zero-order valence-corrected chi connectivity index (χ0v) is 10.4. The lowest BCUT2D eigenvalue weighted by molar-refractivity contribution is -0.143. The van der Waals surface area contributed by atoms with E-state index in [1.165, 1.54) is 7.11 Å². The van der Waals surface area contributed by atoms with Gasteiger partial charge < -0.3 is 9.84 Å². The van der Waals surface area contributed by atoms with Crippen LogP contribution in [0.15, 0.2) is 0 Å². The molecular weight excluding hydrogens is 234 g/mol. The number of carbonyl (C=O) groups is 2. The van der Waals surface area contributed by atoms with Gasteiger partial charge in [0.2, 0.25) is 0 Å². The van der Waals surface area contributed by atoms with Gasteiger partial charge in [-0.1, -0.05) is 0 Å². The van der Waals surface area contributed by atoms with Crippen LogP contribution in [0.1, 0.15) is 20.8 Å². The van der Waals surface area contributed by atoms with Crippen molar-refractivity contribution in [3.63, 3.8) is 0 Å². The van der Waals surface area contributed by atoms with E-state index in [4.69, 9.17) is 5.11 Å². The number of rotatable bonds is 3. The molecule has 1 heterocycles. The van der Waals surface area contributed by atoms with Gasteiger partial charge in [-0.2, -0.15) is 4.31 Å². The minimum absolute atomic E-state index is 0.601. The quantitative estimate of drug-likeness (QED) is 0.551. The molecular formula is C9H15NO5S. The van der Waals surface area contributed by atoms with E-state index in [1.54, 1.807) is 20.8 Å². The molecule has 16 heavy (non-hydrogen) atoms. The first-order valence-electron chi connectivity index (χ1n) is 4.72. The number of carboxylic acid groups (broad SMARTS) is 1. The number of carbonyl (C=O) groups excluding carboxylic acids is 1. The molecule has 0 aromatic rings. The van der Waals surface area contributed by atoms with Crippen LogP contribution in [0.2, 0.25) is 0 Å². The van der Waals surface area contributed by atoms with E-state index in [1.807, 2.05) is 0 Å². The average molecular weight is 249 g/mol. The number of methoxy groups -OCH3 is 1. The first-order chi connectivity index (χ1) is 7.21. The Morgan fingerprint density at radius 3 is 2.12 bits per heavy atom. The fourth-order valence-electron chi connectivity index (χ4n) is 1.33. The lowest BCUT2D eigenvalue weighted by Gasteiger charge is -2.18. The lowest BCUT2D eigenvalue weighted by atomic mass is 10.3. The topological polar surface area (TPSA) is 83.7 Å². The Hall–Kier alpha value is -0.950. The van der Waals surface area contributed by atoms with E-state index in [-0.39, 0.29) is 0 Å². The molecule has 6 nitrogen and oxygen atoms in total. The molecule has 4 atom stereocenters. The Morgan fingerprint density at radius 2 is 1.81 bits per heavy atom. The molecule has 1 aliphatic rings. The second-order valence-corrected chi connectivity index (χ2v) is 6.62. The van der Waals surface area contributed by atoms with E-state index in [9.17, 15) is 13.8 Å². The van der Waals surface area contributed by atoms with Crippen LogP contribution in [-0.4, -0.2) is 49.5 Å². The lowest BCUT2D eigenvalue weighted by Crippen LogP contribution is -2.30. The van der Waals surface area contributed by atoms with Crippen molar-refractivity contribution in [2.24, 2.45) is 0 Å². The van der Waals surface area contributed by atoms with Crippen LogP contribution in [0.25, 0.3) is 0 Å². The van der Waals surface area contributed by atoms with Gasteiger partial charge >= 0.3 is 11.9 Å². The Bertz CT molecular complexity index is 348. The highest BCUT2D eigenvalue weighted by Gasteiger charge is 2.63. The summed E-state index contributed by atoms with van der Waals surface area (Å²) in [5.74, 6) is -1.82. The highest BCUT2D eigenvalue weighted by Crippen LogP contribution is 2.35. The monoisotopic (exact) mass is 249 g/mol. The molecule has 0 spiro atoms. The van der Waals surface area contributed by atoms with Crippen LogP contribution >= 0.6 is 0 Å². The van der Waals surface area contributed by atoms with Gasteiger partial charge in [0.05, 0.1) is 11.9 Å². The smallest absolute Gasteiger partial charge is 0.326 e. The van der Waals surface area contributed by atoms with Crippen molar-refractivity contribution >= 4 is 22.9 Å². The fourth-order valence-corrected chi connectivity index (χ4v) is 2.73. The summed E-state index contributed by atoms with van der Waals surface area (Å²) in [6.07, 6.45) is 0. The normalized spacial score (nSPS) is 30.6. The van der Waals surface area contributed by atoms with Gasteiger partial charge in [0, 0.05) is 0 Å². The summed E-state index contributed by atoms with van der Waals surface area (Å²) in [7, 11) is -0.351. The number of esters is 1. The number of hydrogen-bond acceptors (Lipinski definition) is 4. The SMILES string of the molecule is COC(=O)[C@@H]1[C@H](C(=O)O)N1[S@@](=O)C(C)(C)C. The summed E-state index contributed by atoms with van der Waals surface area (Å²) in [5, 5.41) is 8.87. The van der Waals surface area contributed by atoms with Crippen molar-refractivity contribution in [1.82, 2.24) is 4.31 Å². The van der Waals surface area contributed by atoms with Crippen LogP contribution in [-0.2, 0) is 25.3 Å². The van der Waals surface area contributed by atoms with Crippen LogP contribution in [0.4, 0.5) is 0 Å². The van der Waals surface area contributed by atoms with E-state index < -0.39 is 39.8 Å². The largest absolute Gasteiger partial charge is 0.480 e. The summed E-state index contributed by atoms with van der Waals surface area (Å²) in [6.45, 7) is 5.15. The highest BCUT2D eigenvalue weighted by molar-refractivity contribution is 7.84. The van der Waals surface area contributed by atoms with Gasteiger partial charge in [-0.25, -0.2) is 4.21 Å². The second-order valence-electron chi connectivity index (χ2n) is 4.47. The van der Waals surface area contributed by atoms with Gasteiger partial charge in [0.15, 0.2) is 0 Å². The van der Waals surface area contributed by atoms with Gasteiger partial charge in [-0.15, -0.1) is 0 Å². The molecule has 92 valence electrons. The standard InChI is InChI=1S/C9H15NO5S/c1-9(2,3)16(14)10-5(7(11)12)6(10)8(13)15-4/h5-6H,1-4H3,(H,11,12)/t5-,6+,10?,16+/m1/s1. The van der Waals surface area contributed by atoms with Gasteiger partial charge in [-0.05, 0) is 20.8 Å². The molecule has 1 aliphatic heterocycles. The second kappa shape index (κ2) is 4.14. The zero-order chi connectivity index (χ0) is 12.7. The van der Waals surface area contributed by atoms with Crippen molar-refractivity contribution in [3.8, 4) is 0 Å². The van der Waals surface area contributed by atoms with Crippen LogP contribution in [0.3, 0.4) is 0 Å². The Kier molecular flexibility index (Phi) is 3.39. The molecule has 0 aromatic heterocycles. The van der Waals surface area contributed by atoms with Crippen LogP contribution in [0, 0.1) is 0 Å². The van der Waals surface area contributed by atoms with E-state index >= 15 is 0 Å². The number of aliphatic carboxylic acids is 1. The molecule has 7 heteroatoms. The fraction of sp³-hybridized carbons (Fsp3) is 0.778. The van der Waals surface area contributed by atoms with Crippen molar-refractivity contribution in [1.29, 1.82) is 0 Å². The molecule has 1 saturated heterocycles. The van der Waals surface area contributed by atoms with Crippen molar-refractivity contribution in [2.75, 3.05) is 7.11 Å². The van der Waals surface area contributed by atoms with E-state index in [2.05, 4.69) is 4.74 Å². The highest BCUT2D eigenvalue weighted by atomic mass is 32.2. The maximum Gasteiger partial charge on any atom is 0.326 e.